The lowest BCUT2D eigenvalue weighted by molar-refractivity contribution is -0.113. The summed E-state index contributed by atoms with van der Waals surface area (Å²) in [4.78, 5) is 20.1. The van der Waals surface area contributed by atoms with Crippen molar-refractivity contribution in [2.75, 3.05) is 11.1 Å². The Balaban J connectivity index is 1.71. The van der Waals surface area contributed by atoms with Gasteiger partial charge in [-0.05, 0) is 18.2 Å². The molecule has 0 radical (unpaired) electrons. The van der Waals surface area contributed by atoms with Gasteiger partial charge in [0.2, 0.25) is 11.7 Å². The minimum absolute atomic E-state index is 0.171. The van der Waals surface area contributed by atoms with E-state index in [1.165, 1.54) is 6.20 Å². The van der Waals surface area contributed by atoms with Crippen LogP contribution in [0, 0.1) is 29.1 Å². The molecule has 0 unspecified atom stereocenters. The van der Waals surface area contributed by atoms with Crippen LogP contribution in [-0.2, 0) is 4.79 Å². The molecule has 1 heterocycles. The molecule has 2 aromatic carbocycles. The maximum absolute atomic E-state index is 13.6. The van der Waals surface area contributed by atoms with Crippen LogP contribution in [0.3, 0.4) is 0 Å². The van der Waals surface area contributed by atoms with E-state index in [4.69, 9.17) is 11.6 Å². The second-order valence-electron chi connectivity index (χ2n) is 5.51. The third-order valence-corrected chi connectivity index (χ3v) is 4.69. The van der Waals surface area contributed by atoms with Gasteiger partial charge in [0.1, 0.15) is 5.69 Å². The molecule has 0 aliphatic rings. The predicted molar refractivity (Wildman–Crippen MR) is 98.1 cm³/mol. The molecule has 0 spiro atoms. The summed E-state index contributed by atoms with van der Waals surface area (Å²) in [5.41, 5.74) is -0.133. The van der Waals surface area contributed by atoms with Crippen LogP contribution in [0.25, 0.3) is 11.3 Å². The number of nitrogens with zero attached hydrogens (tertiary/aromatic N) is 2. The van der Waals surface area contributed by atoms with Crippen LogP contribution in [-0.4, -0.2) is 21.6 Å². The fourth-order valence-electron chi connectivity index (χ4n) is 2.21. The zero-order valence-corrected chi connectivity index (χ0v) is 15.7. The SMILES string of the molecule is O=C(CSc1nccc(-c2ccc(Cl)cc2)n1)Nc1c(F)c(F)c(F)c(F)c1F. The molecule has 0 bridgehead atoms. The van der Waals surface area contributed by atoms with Crippen molar-refractivity contribution in [3.05, 3.63) is 70.6 Å². The molecule has 3 rings (SSSR count). The van der Waals surface area contributed by atoms with E-state index >= 15 is 0 Å². The Labute approximate surface area is 170 Å². The first-order valence-corrected chi connectivity index (χ1v) is 9.17. The smallest absolute Gasteiger partial charge is 0.235 e. The lowest BCUT2D eigenvalue weighted by atomic mass is 10.1. The summed E-state index contributed by atoms with van der Waals surface area (Å²) in [6.45, 7) is 0. The van der Waals surface area contributed by atoms with E-state index in [0.29, 0.717) is 10.7 Å². The number of benzene rings is 2. The van der Waals surface area contributed by atoms with Crippen molar-refractivity contribution in [3.63, 3.8) is 0 Å². The van der Waals surface area contributed by atoms with Crippen LogP contribution in [0.5, 0.6) is 0 Å². The first-order chi connectivity index (χ1) is 13.8. The van der Waals surface area contributed by atoms with E-state index in [1.54, 1.807) is 35.6 Å². The molecule has 0 fully saturated rings. The molecule has 4 nitrogen and oxygen atoms in total. The highest BCUT2D eigenvalue weighted by Crippen LogP contribution is 2.27. The number of nitrogens with one attached hydrogen (secondary N) is 1. The average Bonchev–Trinajstić information content (AvgIpc) is 2.73. The van der Waals surface area contributed by atoms with E-state index in [9.17, 15) is 26.7 Å². The largest absolute Gasteiger partial charge is 0.320 e. The van der Waals surface area contributed by atoms with E-state index in [-0.39, 0.29) is 5.16 Å². The van der Waals surface area contributed by atoms with Gasteiger partial charge in [-0.1, -0.05) is 35.5 Å². The third-order valence-electron chi connectivity index (χ3n) is 3.58. The minimum atomic E-state index is -2.31. The maximum atomic E-state index is 13.6. The second kappa shape index (κ2) is 8.75. The van der Waals surface area contributed by atoms with Crippen molar-refractivity contribution < 1.29 is 26.7 Å². The third kappa shape index (κ3) is 4.65. The van der Waals surface area contributed by atoms with Gasteiger partial charge in [-0.25, -0.2) is 31.9 Å². The van der Waals surface area contributed by atoms with Crippen LogP contribution in [0.2, 0.25) is 5.02 Å². The van der Waals surface area contributed by atoms with Gasteiger partial charge >= 0.3 is 0 Å². The molecular formula is C18H9ClF5N3OS. The number of aromatic nitrogens is 2. The molecule has 1 aromatic heterocycles. The molecule has 150 valence electrons. The summed E-state index contributed by atoms with van der Waals surface area (Å²) in [6, 6.07) is 8.43. The quantitative estimate of drug-likeness (QED) is 0.192. The lowest BCUT2D eigenvalue weighted by Crippen LogP contribution is -2.18. The molecule has 0 aliphatic heterocycles. The number of hydrogen-bond acceptors (Lipinski definition) is 4. The number of rotatable bonds is 5. The molecule has 0 saturated heterocycles. The number of amides is 1. The van der Waals surface area contributed by atoms with Crippen LogP contribution in [0.4, 0.5) is 27.6 Å². The van der Waals surface area contributed by atoms with Crippen molar-refractivity contribution in [2.45, 2.75) is 5.16 Å². The van der Waals surface area contributed by atoms with Gasteiger partial charge in [0, 0.05) is 16.8 Å². The topological polar surface area (TPSA) is 54.9 Å². The molecule has 11 heteroatoms. The fraction of sp³-hybridized carbons (Fsp3) is 0.0556. The lowest BCUT2D eigenvalue weighted by Gasteiger charge is -2.09. The Bertz CT molecular complexity index is 1050. The Morgan fingerprint density at radius 2 is 1.52 bits per heavy atom. The van der Waals surface area contributed by atoms with Gasteiger partial charge in [0.05, 0.1) is 11.4 Å². The van der Waals surface area contributed by atoms with Crippen molar-refractivity contribution >= 4 is 35.0 Å². The van der Waals surface area contributed by atoms with E-state index < -0.39 is 46.4 Å². The van der Waals surface area contributed by atoms with E-state index in [2.05, 4.69) is 9.97 Å². The van der Waals surface area contributed by atoms with Crippen LogP contribution >= 0.6 is 23.4 Å². The summed E-state index contributed by atoms with van der Waals surface area (Å²) in [5.74, 6) is -12.3. The molecule has 0 saturated carbocycles. The number of hydrogen-bond donors (Lipinski definition) is 1. The standard InChI is InChI=1S/C18H9ClF5N3OS/c19-9-3-1-8(2-4-9)10-5-6-25-18(26-10)29-7-11(28)27-17-15(23)13(21)12(20)14(22)16(17)24/h1-6H,7H2,(H,27,28). The monoisotopic (exact) mass is 445 g/mol. The highest BCUT2D eigenvalue weighted by Gasteiger charge is 2.26. The first kappa shape index (κ1) is 21.0. The van der Waals surface area contributed by atoms with Gasteiger partial charge in [-0.3, -0.25) is 4.79 Å². The number of halogens is 6. The zero-order chi connectivity index (χ0) is 21.1. The van der Waals surface area contributed by atoms with E-state index in [0.717, 1.165) is 17.3 Å². The number of carbonyl (C=O) groups excluding carboxylic acids is 1. The average molecular weight is 446 g/mol. The summed E-state index contributed by atoms with van der Waals surface area (Å²) in [6.07, 6.45) is 1.45. The van der Waals surface area contributed by atoms with Gasteiger partial charge in [-0.15, -0.1) is 0 Å². The highest BCUT2D eigenvalue weighted by molar-refractivity contribution is 7.99. The van der Waals surface area contributed by atoms with Gasteiger partial charge in [-0.2, -0.15) is 0 Å². The molecule has 1 amide bonds. The van der Waals surface area contributed by atoms with Gasteiger partial charge in [0.25, 0.3) is 0 Å². The Kier molecular flexibility index (Phi) is 6.33. The van der Waals surface area contributed by atoms with Crippen LogP contribution < -0.4 is 5.32 Å². The summed E-state index contributed by atoms with van der Waals surface area (Å²) >= 11 is 6.65. The molecular weight excluding hydrogens is 437 g/mol. The molecule has 0 aliphatic carbocycles. The number of thioether (sulfide) groups is 1. The normalized spacial score (nSPS) is 10.8. The van der Waals surface area contributed by atoms with Gasteiger partial charge in [0.15, 0.2) is 28.4 Å². The Hall–Kier alpha value is -2.72. The second-order valence-corrected chi connectivity index (χ2v) is 6.89. The van der Waals surface area contributed by atoms with Gasteiger partial charge < -0.3 is 5.32 Å². The Morgan fingerprint density at radius 1 is 0.931 bits per heavy atom. The predicted octanol–water partition coefficient (Wildman–Crippen LogP) is 5.22. The van der Waals surface area contributed by atoms with Crippen molar-refractivity contribution in [1.29, 1.82) is 0 Å². The summed E-state index contributed by atoms with van der Waals surface area (Å²) in [7, 11) is 0. The van der Waals surface area contributed by atoms with E-state index in [1.807, 2.05) is 0 Å². The number of carbonyl (C=O) groups is 1. The van der Waals surface area contributed by atoms with Crippen molar-refractivity contribution in [1.82, 2.24) is 9.97 Å². The van der Waals surface area contributed by atoms with Crippen molar-refractivity contribution in [3.8, 4) is 11.3 Å². The number of anilines is 1. The van der Waals surface area contributed by atoms with Crippen molar-refractivity contribution in [2.24, 2.45) is 0 Å². The maximum Gasteiger partial charge on any atom is 0.235 e. The molecule has 3 aromatic rings. The molecule has 0 atom stereocenters. The molecule has 29 heavy (non-hydrogen) atoms. The minimum Gasteiger partial charge on any atom is -0.320 e. The van der Waals surface area contributed by atoms with Crippen LogP contribution in [0.15, 0.2) is 41.7 Å². The fourth-order valence-corrected chi connectivity index (χ4v) is 2.97. The zero-order valence-electron chi connectivity index (χ0n) is 14.1. The Morgan fingerprint density at radius 3 is 2.14 bits per heavy atom. The summed E-state index contributed by atoms with van der Waals surface area (Å²) < 4.78 is 66.7. The summed E-state index contributed by atoms with van der Waals surface area (Å²) in [5, 5.41) is 2.40. The van der Waals surface area contributed by atoms with Crippen LogP contribution in [0.1, 0.15) is 0 Å². The molecule has 1 N–H and O–H groups in total. The first-order valence-electron chi connectivity index (χ1n) is 7.81. The highest BCUT2D eigenvalue weighted by atomic mass is 35.5.